The number of likely N-dealkylation sites (tertiary alicyclic amines) is 1. The third kappa shape index (κ3) is 3.10. The van der Waals surface area contributed by atoms with Crippen LogP contribution >= 0.6 is 0 Å². The van der Waals surface area contributed by atoms with Crippen molar-refractivity contribution in [2.45, 2.75) is 19.9 Å². The molecule has 0 radical (unpaired) electrons. The van der Waals surface area contributed by atoms with Crippen molar-refractivity contribution in [2.75, 3.05) is 18.4 Å². The van der Waals surface area contributed by atoms with Crippen LogP contribution in [-0.4, -0.2) is 44.6 Å². The summed E-state index contributed by atoms with van der Waals surface area (Å²) in [6.07, 6.45) is 2.26. The lowest BCUT2D eigenvalue weighted by molar-refractivity contribution is 0.0781. The molecule has 1 fully saturated rings. The quantitative estimate of drug-likeness (QED) is 0.740. The Kier molecular flexibility index (Phi) is 4.19. The number of para-hydroxylation sites is 1. The third-order valence-corrected chi connectivity index (χ3v) is 5.88. The fourth-order valence-corrected chi connectivity index (χ4v) is 4.34. The lowest BCUT2D eigenvalue weighted by atomic mass is 9.89. The molecule has 1 N–H and O–H groups in total. The van der Waals surface area contributed by atoms with E-state index in [9.17, 15) is 9.59 Å². The first-order chi connectivity index (χ1) is 14.1. The lowest BCUT2D eigenvalue weighted by Gasteiger charge is -2.25. The Balaban J connectivity index is 1.32. The monoisotopic (exact) mass is 391 g/mol. The number of nitrogens with one attached hydrogen (secondary N) is 1. The van der Waals surface area contributed by atoms with Gasteiger partial charge in [0.15, 0.2) is 0 Å². The van der Waals surface area contributed by atoms with E-state index in [1.54, 1.807) is 19.3 Å². The maximum atomic E-state index is 12.8. The van der Waals surface area contributed by atoms with E-state index in [2.05, 4.69) is 15.5 Å². The fourth-order valence-electron chi connectivity index (χ4n) is 4.34. The summed E-state index contributed by atoms with van der Waals surface area (Å²) in [4.78, 5) is 27.4. The van der Waals surface area contributed by atoms with Gasteiger partial charge in [-0.2, -0.15) is 0 Å². The highest BCUT2D eigenvalue weighted by Crippen LogP contribution is 2.33. The molecule has 0 spiro atoms. The number of furan rings is 1. The van der Waals surface area contributed by atoms with Crippen LogP contribution in [0, 0.1) is 18.8 Å². The van der Waals surface area contributed by atoms with Gasteiger partial charge < -0.3 is 19.2 Å². The number of aromatic nitrogens is 3. The van der Waals surface area contributed by atoms with E-state index >= 15 is 0 Å². The van der Waals surface area contributed by atoms with Crippen LogP contribution in [0.4, 0.5) is 5.69 Å². The molecule has 2 aliphatic rings. The van der Waals surface area contributed by atoms with Crippen molar-refractivity contribution < 1.29 is 14.0 Å². The van der Waals surface area contributed by atoms with Crippen molar-refractivity contribution in [1.29, 1.82) is 0 Å². The van der Waals surface area contributed by atoms with Gasteiger partial charge in [0.2, 0.25) is 5.82 Å². The van der Waals surface area contributed by atoms with Gasteiger partial charge in [-0.1, -0.05) is 18.2 Å². The maximum Gasteiger partial charge on any atom is 0.293 e. The van der Waals surface area contributed by atoms with Crippen LogP contribution in [0.3, 0.4) is 0 Å². The van der Waals surface area contributed by atoms with E-state index < -0.39 is 0 Å². The van der Waals surface area contributed by atoms with E-state index in [1.807, 2.05) is 39.8 Å². The van der Waals surface area contributed by atoms with Gasteiger partial charge in [0.1, 0.15) is 11.6 Å². The van der Waals surface area contributed by atoms with Crippen LogP contribution in [-0.2, 0) is 13.0 Å². The minimum atomic E-state index is -0.270. The van der Waals surface area contributed by atoms with E-state index in [0.717, 1.165) is 11.5 Å². The molecule has 0 bridgehead atoms. The first kappa shape index (κ1) is 17.7. The van der Waals surface area contributed by atoms with Crippen LogP contribution in [0.1, 0.15) is 32.6 Å². The molecule has 3 aromatic rings. The van der Waals surface area contributed by atoms with Crippen LogP contribution in [0.25, 0.3) is 0 Å². The Bertz CT molecular complexity index is 1070. The van der Waals surface area contributed by atoms with Gasteiger partial charge in [-0.15, -0.1) is 10.2 Å². The summed E-state index contributed by atoms with van der Waals surface area (Å²) in [7, 11) is 0. The van der Waals surface area contributed by atoms with Crippen LogP contribution in [0.2, 0.25) is 0 Å². The second-order valence-electron chi connectivity index (χ2n) is 7.70. The van der Waals surface area contributed by atoms with Gasteiger partial charge in [0.25, 0.3) is 11.8 Å². The number of nitrogens with zero attached hydrogens (tertiary/aromatic N) is 4. The lowest BCUT2D eigenvalue weighted by Crippen LogP contribution is -2.31. The molecule has 8 nitrogen and oxygen atoms in total. The number of fused-ring (bicyclic) bond motifs is 2. The Morgan fingerprint density at radius 3 is 2.62 bits per heavy atom. The smallest absolute Gasteiger partial charge is 0.293 e. The van der Waals surface area contributed by atoms with Crippen LogP contribution in [0.15, 0.2) is 47.1 Å². The number of hydrogen-bond donors (Lipinski definition) is 1. The van der Waals surface area contributed by atoms with Crippen molar-refractivity contribution in [1.82, 2.24) is 19.7 Å². The zero-order valence-corrected chi connectivity index (χ0v) is 16.0. The van der Waals surface area contributed by atoms with E-state index in [0.29, 0.717) is 49.1 Å². The Labute approximate surface area is 167 Å². The van der Waals surface area contributed by atoms with Gasteiger partial charge in [0, 0.05) is 31.7 Å². The van der Waals surface area contributed by atoms with Gasteiger partial charge in [0.05, 0.1) is 11.8 Å². The first-order valence-corrected chi connectivity index (χ1v) is 9.72. The average Bonchev–Trinajstić information content (AvgIpc) is 3.43. The summed E-state index contributed by atoms with van der Waals surface area (Å²) in [6, 6.07) is 11.0. The molecule has 2 aliphatic heterocycles. The summed E-state index contributed by atoms with van der Waals surface area (Å²) in [6.45, 7) is 3.78. The van der Waals surface area contributed by atoms with Crippen molar-refractivity contribution in [3.05, 3.63) is 65.6 Å². The zero-order chi connectivity index (χ0) is 20.0. The van der Waals surface area contributed by atoms with Gasteiger partial charge in [-0.05, 0) is 37.0 Å². The number of carbonyl (C=O) groups excluding carboxylic acids is 2. The normalized spacial score (nSPS) is 20.2. The van der Waals surface area contributed by atoms with Crippen LogP contribution < -0.4 is 5.32 Å². The number of benzene rings is 1. The number of hydrogen-bond acceptors (Lipinski definition) is 5. The molecular formula is C21H21N5O3. The molecule has 1 saturated heterocycles. The minimum absolute atomic E-state index is 0.00320. The largest absolute Gasteiger partial charge is 0.469 e. The minimum Gasteiger partial charge on any atom is -0.469 e. The number of rotatable bonds is 3. The molecule has 2 amide bonds. The molecular weight excluding hydrogens is 370 g/mol. The topological polar surface area (TPSA) is 93.3 Å². The van der Waals surface area contributed by atoms with E-state index in [4.69, 9.17) is 4.42 Å². The molecule has 29 heavy (non-hydrogen) atoms. The van der Waals surface area contributed by atoms with Crippen molar-refractivity contribution in [2.24, 2.45) is 11.8 Å². The number of aryl methyl sites for hydroxylation is 1. The summed E-state index contributed by atoms with van der Waals surface area (Å²) in [5.74, 6) is 2.10. The highest BCUT2D eigenvalue weighted by Gasteiger charge is 2.41. The number of carbonyl (C=O) groups is 2. The van der Waals surface area contributed by atoms with E-state index in [-0.39, 0.29) is 17.7 Å². The second kappa shape index (κ2) is 6.88. The van der Waals surface area contributed by atoms with E-state index in [1.165, 1.54) is 0 Å². The highest BCUT2D eigenvalue weighted by molar-refractivity contribution is 6.01. The molecule has 0 unspecified atom stereocenters. The molecule has 148 valence electrons. The van der Waals surface area contributed by atoms with Crippen molar-refractivity contribution in [3.8, 4) is 0 Å². The highest BCUT2D eigenvalue weighted by atomic mass is 16.3. The standard InChI is InChI=1S/C21H21N5O3/c1-13-17(7-8-29-13)21(28)25-10-14-9-18-23-24-19(26(18)12-15(14)11-25)20(27)22-16-5-3-2-4-6-16/h2-8,14-15H,9-12H2,1H3,(H,22,27)/t14-,15-/m0/s1. The third-order valence-electron chi connectivity index (χ3n) is 5.88. The number of anilines is 1. The van der Waals surface area contributed by atoms with Crippen molar-refractivity contribution in [3.63, 3.8) is 0 Å². The van der Waals surface area contributed by atoms with Gasteiger partial charge in [-0.3, -0.25) is 9.59 Å². The molecule has 2 atom stereocenters. The summed E-state index contributed by atoms with van der Waals surface area (Å²) in [5.41, 5.74) is 1.34. The molecule has 8 heteroatoms. The SMILES string of the molecule is Cc1occc1C(=O)N1C[C@@H]2Cc3nnc(C(=O)Nc4ccccc4)n3C[C@@H]2C1. The predicted molar refractivity (Wildman–Crippen MR) is 104 cm³/mol. The van der Waals surface area contributed by atoms with Gasteiger partial charge >= 0.3 is 0 Å². The molecule has 5 rings (SSSR count). The summed E-state index contributed by atoms with van der Waals surface area (Å²) >= 11 is 0. The van der Waals surface area contributed by atoms with Crippen LogP contribution in [0.5, 0.6) is 0 Å². The number of amides is 2. The van der Waals surface area contributed by atoms with Crippen molar-refractivity contribution >= 4 is 17.5 Å². The zero-order valence-electron chi connectivity index (χ0n) is 16.0. The molecule has 1 aromatic carbocycles. The molecule has 4 heterocycles. The predicted octanol–water partition coefficient (Wildman–Crippen LogP) is 2.38. The summed E-state index contributed by atoms with van der Waals surface area (Å²) in [5, 5.41) is 11.3. The first-order valence-electron chi connectivity index (χ1n) is 9.72. The Morgan fingerprint density at radius 2 is 1.86 bits per heavy atom. The average molecular weight is 391 g/mol. The molecule has 2 aromatic heterocycles. The maximum absolute atomic E-state index is 12.8. The Hall–Kier alpha value is -3.42. The molecule has 0 aliphatic carbocycles. The fraction of sp³-hybridized carbons (Fsp3) is 0.333. The summed E-state index contributed by atoms with van der Waals surface area (Å²) < 4.78 is 7.18. The Morgan fingerprint density at radius 1 is 1.07 bits per heavy atom. The second-order valence-corrected chi connectivity index (χ2v) is 7.70. The van der Waals surface area contributed by atoms with Gasteiger partial charge in [-0.25, -0.2) is 0 Å². The molecule has 0 saturated carbocycles.